The number of urea groups is 1. The summed E-state index contributed by atoms with van der Waals surface area (Å²) in [5.74, 6) is -0.502. The first-order chi connectivity index (χ1) is 22.9. The lowest BCUT2D eigenvalue weighted by atomic mass is 9.99. The Hall–Kier alpha value is -4.02. The van der Waals surface area contributed by atoms with E-state index in [0.29, 0.717) is 12.5 Å². The van der Waals surface area contributed by atoms with Crippen molar-refractivity contribution in [3.8, 4) is 0 Å². The predicted molar refractivity (Wildman–Crippen MR) is 180 cm³/mol. The third-order valence-corrected chi connectivity index (χ3v) is 9.04. The molecular formula is C38H47N3O6. The molecule has 0 unspecified atom stereocenters. The van der Waals surface area contributed by atoms with Gasteiger partial charge in [-0.05, 0) is 35.1 Å². The Kier molecular flexibility index (Phi) is 12.6. The highest BCUT2D eigenvalue weighted by atomic mass is 16.7. The van der Waals surface area contributed by atoms with Gasteiger partial charge in [-0.3, -0.25) is 4.90 Å². The first-order valence-electron chi connectivity index (χ1n) is 16.6. The zero-order valence-corrected chi connectivity index (χ0v) is 27.2. The highest BCUT2D eigenvalue weighted by Gasteiger charge is 2.34. The minimum Gasteiger partial charge on any atom is -0.467 e. The summed E-state index contributed by atoms with van der Waals surface area (Å²) in [6.45, 7) is 5.91. The third-order valence-electron chi connectivity index (χ3n) is 9.04. The minimum absolute atomic E-state index is 0.000477. The van der Waals surface area contributed by atoms with Crippen LogP contribution in [0.15, 0.2) is 91.5 Å². The number of aliphatic hydroxyl groups is 1. The normalized spacial score (nSPS) is 20.4. The van der Waals surface area contributed by atoms with Crippen LogP contribution in [0.25, 0.3) is 0 Å². The van der Waals surface area contributed by atoms with Gasteiger partial charge in [0.25, 0.3) is 0 Å². The molecule has 47 heavy (non-hydrogen) atoms. The van der Waals surface area contributed by atoms with Crippen LogP contribution in [0.3, 0.4) is 0 Å². The summed E-state index contributed by atoms with van der Waals surface area (Å²) in [5, 5.41) is 15.1. The molecule has 9 heteroatoms. The first-order valence-corrected chi connectivity index (χ1v) is 16.6. The van der Waals surface area contributed by atoms with E-state index in [1.54, 1.807) is 0 Å². The molecule has 2 fully saturated rings. The Morgan fingerprint density at radius 1 is 0.957 bits per heavy atom. The van der Waals surface area contributed by atoms with Crippen molar-refractivity contribution >= 4 is 12.0 Å². The van der Waals surface area contributed by atoms with Crippen molar-refractivity contribution in [2.24, 2.45) is 0 Å². The number of esters is 1. The van der Waals surface area contributed by atoms with E-state index >= 15 is 0 Å². The Labute approximate surface area is 277 Å². The van der Waals surface area contributed by atoms with Crippen LogP contribution in [0.4, 0.5) is 4.79 Å². The minimum atomic E-state index is -0.804. The van der Waals surface area contributed by atoms with Crippen LogP contribution in [0.1, 0.15) is 72.3 Å². The lowest BCUT2D eigenvalue weighted by molar-refractivity contribution is -0.253. The summed E-state index contributed by atoms with van der Waals surface area (Å²) in [4.78, 5) is 27.6. The Morgan fingerprint density at radius 3 is 2.30 bits per heavy atom. The van der Waals surface area contributed by atoms with Crippen LogP contribution in [-0.4, -0.2) is 60.4 Å². The molecule has 2 aliphatic rings. The van der Waals surface area contributed by atoms with Crippen molar-refractivity contribution < 1.29 is 28.9 Å². The van der Waals surface area contributed by atoms with E-state index in [4.69, 9.17) is 14.2 Å². The summed E-state index contributed by atoms with van der Waals surface area (Å²) >= 11 is 0. The smallest absolute Gasteiger partial charge is 0.328 e. The molecule has 0 aromatic heterocycles. The van der Waals surface area contributed by atoms with Gasteiger partial charge >= 0.3 is 12.0 Å². The number of carbonyl (C=O) groups excluding carboxylic acids is 2. The molecule has 9 nitrogen and oxygen atoms in total. The van der Waals surface area contributed by atoms with E-state index in [0.717, 1.165) is 47.3 Å². The number of benzene rings is 3. The van der Waals surface area contributed by atoms with Gasteiger partial charge in [0.1, 0.15) is 6.04 Å². The average Bonchev–Trinajstić information content (AvgIpc) is 3.66. The Balaban J connectivity index is 1.23. The molecule has 0 radical (unpaired) electrons. The number of nitrogens with one attached hydrogen (secondary N) is 2. The SMILES string of the molecule is C=CCN(C[C@@H]1C[C@H](c2ccc(CO)cc2)O[C@H](c2ccc(CNC(=O)N[C@@H](Cc3ccccc3)C(=O)OC)cc2)O1)C1CCCC1. The van der Waals surface area contributed by atoms with E-state index in [2.05, 4.69) is 22.1 Å². The maximum absolute atomic E-state index is 12.7. The number of aliphatic hydroxyl groups excluding tert-OH is 1. The van der Waals surface area contributed by atoms with E-state index in [-0.39, 0.29) is 25.4 Å². The lowest BCUT2D eigenvalue weighted by Crippen LogP contribution is -2.47. The molecule has 5 rings (SSSR count). The molecule has 1 aliphatic carbocycles. The molecule has 250 valence electrons. The Morgan fingerprint density at radius 2 is 1.64 bits per heavy atom. The van der Waals surface area contributed by atoms with Gasteiger partial charge in [-0.2, -0.15) is 0 Å². The van der Waals surface area contributed by atoms with Crippen LogP contribution in [0, 0.1) is 0 Å². The van der Waals surface area contributed by atoms with E-state index in [1.165, 1.54) is 32.8 Å². The van der Waals surface area contributed by atoms with Crippen molar-refractivity contribution in [3.63, 3.8) is 0 Å². The number of carbonyl (C=O) groups is 2. The quantitative estimate of drug-likeness (QED) is 0.152. The number of ether oxygens (including phenoxy) is 3. The number of nitrogens with zero attached hydrogens (tertiary/aromatic N) is 1. The summed E-state index contributed by atoms with van der Waals surface area (Å²) in [6.07, 6.45) is 7.20. The lowest BCUT2D eigenvalue weighted by Gasteiger charge is -2.39. The van der Waals surface area contributed by atoms with Gasteiger partial charge in [0.15, 0.2) is 6.29 Å². The van der Waals surface area contributed by atoms with Gasteiger partial charge in [-0.15, -0.1) is 6.58 Å². The maximum atomic E-state index is 12.7. The second kappa shape index (κ2) is 17.2. The van der Waals surface area contributed by atoms with Crippen molar-refractivity contribution in [1.82, 2.24) is 15.5 Å². The van der Waals surface area contributed by atoms with E-state index in [1.807, 2.05) is 84.9 Å². The second-order valence-corrected chi connectivity index (χ2v) is 12.4. The molecule has 3 aromatic carbocycles. The molecule has 1 aliphatic heterocycles. The third kappa shape index (κ3) is 9.74. The molecule has 1 saturated heterocycles. The zero-order valence-electron chi connectivity index (χ0n) is 27.2. The Bertz CT molecular complexity index is 1430. The van der Waals surface area contributed by atoms with Crippen LogP contribution < -0.4 is 10.6 Å². The number of hydrogen-bond donors (Lipinski definition) is 3. The molecule has 3 aromatic rings. The number of hydrogen-bond acceptors (Lipinski definition) is 7. The standard InChI is InChI=1S/C38H47N3O6/c1-3-21-41(32-11-7-8-12-32)25-33-23-35(30-17-15-29(26-42)16-18-30)47-37(46-33)31-19-13-28(14-20-31)24-39-38(44)40-34(36(43)45-2)22-27-9-5-4-6-10-27/h3-6,9-10,13-20,32-35,37,42H,1,7-8,11-12,21-26H2,2H3,(H2,39,40,44)/t33-,34-,35+,37+/m0/s1. The van der Waals surface area contributed by atoms with Gasteiger partial charge in [-0.1, -0.05) is 97.8 Å². The topological polar surface area (TPSA) is 109 Å². The van der Waals surface area contributed by atoms with Crippen molar-refractivity contribution in [1.29, 1.82) is 0 Å². The average molecular weight is 642 g/mol. The molecule has 3 N–H and O–H groups in total. The number of rotatable bonds is 14. The highest BCUT2D eigenvalue weighted by molar-refractivity contribution is 5.83. The number of amides is 2. The first kappa shape index (κ1) is 34.3. The maximum Gasteiger partial charge on any atom is 0.328 e. The van der Waals surface area contributed by atoms with Gasteiger partial charge in [0.2, 0.25) is 0 Å². The molecule has 0 spiro atoms. The molecule has 2 amide bonds. The highest BCUT2D eigenvalue weighted by Crippen LogP contribution is 2.39. The fourth-order valence-corrected chi connectivity index (χ4v) is 6.47. The summed E-state index contributed by atoms with van der Waals surface area (Å²) in [5.41, 5.74) is 4.63. The second-order valence-electron chi connectivity index (χ2n) is 12.4. The zero-order chi connectivity index (χ0) is 33.0. The molecular weight excluding hydrogens is 594 g/mol. The fourth-order valence-electron chi connectivity index (χ4n) is 6.47. The van der Waals surface area contributed by atoms with Crippen molar-refractivity contribution in [2.45, 2.75) is 82.3 Å². The summed E-state index contributed by atoms with van der Waals surface area (Å²) < 4.78 is 18.1. The molecule has 1 saturated carbocycles. The molecule has 1 heterocycles. The van der Waals surface area contributed by atoms with Gasteiger partial charge in [0.05, 0.1) is 25.9 Å². The molecule has 0 bridgehead atoms. The monoisotopic (exact) mass is 641 g/mol. The van der Waals surface area contributed by atoms with Crippen molar-refractivity contribution in [2.75, 3.05) is 20.2 Å². The van der Waals surface area contributed by atoms with Crippen LogP contribution in [0.2, 0.25) is 0 Å². The van der Waals surface area contributed by atoms with Crippen LogP contribution in [0.5, 0.6) is 0 Å². The van der Waals surface area contributed by atoms with Crippen molar-refractivity contribution in [3.05, 3.63) is 119 Å². The van der Waals surface area contributed by atoms with Gasteiger partial charge < -0.3 is 30.0 Å². The van der Waals surface area contributed by atoms with Crippen LogP contribution in [-0.2, 0) is 38.6 Å². The van der Waals surface area contributed by atoms with E-state index < -0.39 is 24.3 Å². The fraction of sp³-hybridized carbons (Fsp3) is 0.421. The van der Waals surface area contributed by atoms with Gasteiger partial charge in [0, 0.05) is 44.1 Å². The number of methoxy groups -OCH3 is 1. The van der Waals surface area contributed by atoms with Crippen LogP contribution >= 0.6 is 0 Å². The molecule has 4 atom stereocenters. The van der Waals surface area contributed by atoms with E-state index in [9.17, 15) is 14.7 Å². The summed E-state index contributed by atoms with van der Waals surface area (Å²) in [6, 6.07) is 24.5. The summed E-state index contributed by atoms with van der Waals surface area (Å²) in [7, 11) is 1.31. The van der Waals surface area contributed by atoms with Gasteiger partial charge in [-0.25, -0.2) is 9.59 Å². The predicted octanol–water partition coefficient (Wildman–Crippen LogP) is 5.74. The largest absolute Gasteiger partial charge is 0.467 e.